The standard InChI is InChI=1S/C17H34N2O/c1-4-11-19(14-15-6-9-18-10-7-15)16-8-12-20-17(3,5-2)13-16/h15-16,18H,4-14H2,1-3H3. The highest BCUT2D eigenvalue weighted by Crippen LogP contribution is 2.31. The highest BCUT2D eigenvalue weighted by atomic mass is 16.5. The minimum Gasteiger partial charge on any atom is -0.375 e. The molecule has 2 fully saturated rings. The Hall–Kier alpha value is -0.120. The molecule has 0 bridgehead atoms. The van der Waals surface area contributed by atoms with Gasteiger partial charge in [-0.05, 0) is 71.0 Å². The van der Waals surface area contributed by atoms with Crippen molar-refractivity contribution in [3.05, 3.63) is 0 Å². The van der Waals surface area contributed by atoms with Crippen molar-refractivity contribution in [2.75, 3.05) is 32.8 Å². The summed E-state index contributed by atoms with van der Waals surface area (Å²) in [7, 11) is 0. The fourth-order valence-electron chi connectivity index (χ4n) is 3.76. The van der Waals surface area contributed by atoms with Gasteiger partial charge >= 0.3 is 0 Å². The number of piperidine rings is 1. The van der Waals surface area contributed by atoms with Gasteiger partial charge in [0.2, 0.25) is 0 Å². The Bertz CT molecular complexity index is 278. The summed E-state index contributed by atoms with van der Waals surface area (Å²) >= 11 is 0. The van der Waals surface area contributed by atoms with Gasteiger partial charge in [0, 0.05) is 19.2 Å². The Morgan fingerprint density at radius 2 is 1.95 bits per heavy atom. The Morgan fingerprint density at radius 3 is 2.60 bits per heavy atom. The zero-order chi connectivity index (χ0) is 14.4. The molecule has 0 saturated carbocycles. The van der Waals surface area contributed by atoms with E-state index in [9.17, 15) is 0 Å². The molecule has 0 aromatic heterocycles. The van der Waals surface area contributed by atoms with Gasteiger partial charge in [-0.25, -0.2) is 0 Å². The molecule has 3 nitrogen and oxygen atoms in total. The maximum atomic E-state index is 6.03. The first kappa shape index (κ1) is 16.3. The van der Waals surface area contributed by atoms with Crippen LogP contribution in [0.15, 0.2) is 0 Å². The highest BCUT2D eigenvalue weighted by molar-refractivity contribution is 4.88. The van der Waals surface area contributed by atoms with Crippen LogP contribution in [0.25, 0.3) is 0 Å². The third kappa shape index (κ3) is 4.44. The zero-order valence-electron chi connectivity index (χ0n) is 13.8. The van der Waals surface area contributed by atoms with Crippen molar-refractivity contribution < 1.29 is 4.74 Å². The molecule has 1 N–H and O–H groups in total. The van der Waals surface area contributed by atoms with Crippen LogP contribution in [0.2, 0.25) is 0 Å². The van der Waals surface area contributed by atoms with Crippen LogP contribution in [0.4, 0.5) is 0 Å². The van der Waals surface area contributed by atoms with Crippen molar-refractivity contribution in [2.24, 2.45) is 5.92 Å². The molecule has 2 saturated heterocycles. The molecule has 0 amide bonds. The van der Waals surface area contributed by atoms with E-state index in [-0.39, 0.29) is 5.60 Å². The maximum absolute atomic E-state index is 6.03. The molecule has 2 aliphatic rings. The molecule has 0 spiro atoms. The number of nitrogens with zero attached hydrogens (tertiary/aromatic N) is 1. The van der Waals surface area contributed by atoms with Gasteiger partial charge in [-0.2, -0.15) is 0 Å². The van der Waals surface area contributed by atoms with Crippen LogP contribution in [0.5, 0.6) is 0 Å². The molecule has 2 rings (SSSR count). The van der Waals surface area contributed by atoms with E-state index in [4.69, 9.17) is 4.74 Å². The molecule has 3 heteroatoms. The first-order valence-corrected chi connectivity index (χ1v) is 8.75. The Balaban J connectivity index is 1.92. The number of rotatable bonds is 6. The van der Waals surface area contributed by atoms with E-state index < -0.39 is 0 Å². The van der Waals surface area contributed by atoms with Crippen molar-refractivity contribution in [3.8, 4) is 0 Å². The van der Waals surface area contributed by atoms with E-state index in [1.165, 1.54) is 58.3 Å². The zero-order valence-corrected chi connectivity index (χ0v) is 13.8. The van der Waals surface area contributed by atoms with E-state index in [1.54, 1.807) is 0 Å². The smallest absolute Gasteiger partial charge is 0.0666 e. The second-order valence-corrected chi connectivity index (χ2v) is 6.99. The van der Waals surface area contributed by atoms with Crippen LogP contribution in [-0.4, -0.2) is 49.3 Å². The largest absolute Gasteiger partial charge is 0.375 e. The number of hydrogen-bond donors (Lipinski definition) is 1. The summed E-state index contributed by atoms with van der Waals surface area (Å²) in [6.07, 6.45) is 7.56. The molecule has 20 heavy (non-hydrogen) atoms. The minimum atomic E-state index is 0.114. The first-order valence-electron chi connectivity index (χ1n) is 8.75. The summed E-state index contributed by atoms with van der Waals surface area (Å²) in [5, 5.41) is 3.48. The van der Waals surface area contributed by atoms with E-state index in [0.29, 0.717) is 0 Å². The summed E-state index contributed by atoms with van der Waals surface area (Å²) in [5.74, 6) is 0.901. The number of hydrogen-bond acceptors (Lipinski definition) is 3. The van der Waals surface area contributed by atoms with Gasteiger partial charge < -0.3 is 10.1 Å². The predicted molar refractivity (Wildman–Crippen MR) is 85.1 cm³/mol. The van der Waals surface area contributed by atoms with E-state index in [2.05, 4.69) is 31.0 Å². The van der Waals surface area contributed by atoms with Crippen LogP contribution < -0.4 is 5.32 Å². The molecule has 0 aromatic carbocycles. The number of ether oxygens (including phenoxy) is 1. The molecule has 2 atom stereocenters. The monoisotopic (exact) mass is 282 g/mol. The van der Waals surface area contributed by atoms with Crippen LogP contribution >= 0.6 is 0 Å². The van der Waals surface area contributed by atoms with E-state index in [1.807, 2.05) is 0 Å². The van der Waals surface area contributed by atoms with Gasteiger partial charge in [-0.1, -0.05) is 13.8 Å². The molecule has 0 radical (unpaired) electrons. The second-order valence-electron chi connectivity index (χ2n) is 6.99. The third-order valence-corrected chi connectivity index (χ3v) is 5.30. The molecule has 0 aromatic rings. The normalized spacial score (nSPS) is 32.7. The van der Waals surface area contributed by atoms with Crippen LogP contribution in [0.1, 0.15) is 59.3 Å². The van der Waals surface area contributed by atoms with Crippen molar-refractivity contribution >= 4 is 0 Å². The minimum absolute atomic E-state index is 0.114. The third-order valence-electron chi connectivity index (χ3n) is 5.30. The Kier molecular flexibility index (Phi) is 6.31. The number of nitrogens with one attached hydrogen (secondary N) is 1. The van der Waals surface area contributed by atoms with Crippen LogP contribution in [-0.2, 0) is 4.74 Å². The molecular weight excluding hydrogens is 248 g/mol. The van der Waals surface area contributed by atoms with Crippen molar-refractivity contribution in [1.82, 2.24) is 10.2 Å². The van der Waals surface area contributed by atoms with Gasteiger partial charge in [0.1, 0.15) is 0 Å². The molecule has 0 aliphatic carbocycles. The van der Waals surface area contributed by atoms with Gasteiger partial charge in [0.05, 0.1) is 5.60 Å². The average Bonchev–Trinajstić information content (AvgIpc) is 2.48. The van der Waals surface area contributed by atoms with Crippen molar-refractivity contribution in [3.63, 3.8) is 0 Å². The summed E-state index contributed by atoms with van der Waals surface area (Å²) in [6.45, 7) is 12.8. The first-order chi connectivity index (χ1) is 9.67. The SMILES string of the molecule is CCCN(CC1CCNCC1)C1CCOC(C)(CC)C1. The fourth-order valence-corrected chi connectivity index (χ4v) is 3.76. The topological polar surface area (TPSA) is 24.5 Å². The van der Waals surface area contributed by atoms with Gasteiger partial charge in [-0.3, -0.25) is 4.90 Å². The quantitative estimate of drug-likeness (QED) is 0.810. The summed E-state index contributed by atoms with van der Waals surface area (Å²) in [4.78, 5) is 2.78. The van der Waals surface area contributed by atoms with Crippen LogP contribution in [0, 0.1) is 5.92 Å². The molecular formula is C17H34N2O. The highest BCUT2D eigenvalue weighted by Gasteiger charge is 2.34. The molecule has 118 valence electrons. The van der Waals surface area contributed by atoms with Gasteiger partial charge in [0.25, 0.3) is 0 Å². The Morgan fingerprint density at radius 1 is 1.20 bits per heavy atom. The van der Waals surface area contributed by atoms with Gasteiger partial charge in [0.15, 0.2) is 0 Å². The lowest BCUT2D eigenvalue weighted by Crippen LogP contribution is -2.49. The van der Waals surface area contributed by atoms with Crippen molar-refractivity contribution in [2.45, 2.75) is 70.9 Å². The average molecular weight is 282 g/mol. The molecule has 2 heterocycles. The molecule has 2 aliphatic heterocycles. The summed E-state index contributed by atoms with van der Waals surface area (Å²) < 4.78 is 6.03. The van der Waals surface area contributed by atoms with Gasteiger partial charge in [-0.15, -0.1) is 0 Å². The second kappa shape index (κ2) is 7.77. The van der Waals surface area contributed by atoms with Crippen LogP contribution in [0.3, 0.4) is 0 Å². The van der Waals surface area contributed by atoms with E-state index >= 15 is 0 Å². The summed E-state index contributed by atoms with van der Waals surface area (Å²) in [6, 6.07) is 0.739. The maximum Gasteiger partial charge on any atom is 0.0666 e. The predicted octanol–water partition coefficient (Wildman–Crippen LogP) is 3.05. The van der Waals surface area contributed by atoms with E-state index in [0.717, 1.165) is 25.0 Å². The lowest BCUT2D eigenvalue weighted by molar-refractivity contribution is -0.0983. The molecule has 2 unspecified atom stereocenters. The Labute approximate surface area is 125 Å². The fraction of sp³-hybridized carbons (Fsp3) is 1.00. The van der Waals surface area contributed by atoms with Crippen molar-refractivity contribution in [1.29, 1.82) is 0 Å². The lowest BCUT2D eigenvalue weighted by atomic mass is 9.88. The lowest BCUT2D eigenvalue weighted by Gasteiger charge is -2.44. The summed E-state index contributed by atoms with van der Waals surface area (Å²) in [5.41, 5.74) is 0.114.